The van der Waals surface area contributed by atoms with E-state index >= 15 is 0 Å². The molecule has 1 aromatic carbocycles. The molecule has 0 bridgehead atoms. The van der Waals surface area contributed by atoms with Crippen molar-refractivity contribution in [2.45, 2.75) is 19.8 Å². The summed E-state index contributed by atoms with van der Waals surface area (Å²) >= 11 is 0. The molecule has 1 aromatic heterocycles. The zero-order valence-electron chi connectivity index (χ0n) is 13.8. The molecule has 7 heteroatoms. The van der Waals surface area contributed by atoms with Gasteiger partial charge in [0.2, 0.25) is 5.91 Å². The number of ether oxygens (including phenoxy) is 1. The molecule has 0 spiro atoms. The van der Waals surface area contributed by atoms with Crippen LogP contribution in [-0.2, 0) is 4.79 Å². The number of unbranched alkanes of at least 4 members (excludes halogenated alkanes) is 1. The monoisotopic (exact) mass is 331 g/mol. The number of nitrogens with zero attached hydrogens (tertiary/aromatic N) is 2. The first kappa shape index (κ1) is 17.5. The van der Waals surface area contributed by atoms with Crippen LogP contribution in [0, 0.1) is 0 Å². The smallest absolute Gasteiger partial charge is 0.258 e. The first-order valence-electron chi connectivity index (χ1n) is 7.78. The first-order valence-corrected chi connectivity index (χ1v) is 7.78. The molecule has 0 saturated heterocycles. The molecule has 2 aromatic rings. The topological polar surface area (TPSA) is 84.7 Å². The number of carbonyl (C=O) groups is 2. The fourth-order valence-electron chi connectivity index (χ4n) is 2.23. The van der Waals surface area contributed by atoms with Crippen molar-refractivity contribution in [3.63, 3.8) is 0 Å². The molecule has 7 nitrogen and oxygen atoms in total. The van der Waals surface area contributed by atoms with E-state index in [2.05, 4.69) is 15.0 Å². The van der Waals surface area contributed by atoms with Crippen LogP contribution < -0.4 is 10.1 Å². The van der Waals surface area contributed by atoms with Crippen LogP contribution in [0.2, 0.25) is 0 Å². The highest BCUT2D eigenvalue weighted by Crippen LogP contribution is 2.19. The van der Waals surface area contributed by atoms with Crippen molar-refractivity contribution < 1.29 is 18.8 Å². The summed E-state index contributed by atoms with van der Waals surface area (Å²) in [6.07, 6.45) is 3.09. The summed E-state index contributed by atoms with van der Waals surface area (Å²) in [4.78, 5) is 26.5. The zero-order chi connectivity index (χ0) is 17.4. The molecule has 0 aliphatic heterocycles. The highest BCUT2D eigenvalue weighted by Gasteiger charge is 2.21. The van der Waals surface area contributed by atoms with Crippen molar-refractivity contribution in [1.29, 1.82) is 0 Å². The Hall–Kier alpha value is -2.83. The summed E-state index contributed by atoms with van der Waals surface area (Å²) in [6.45, 7) is 2.45. The van der Waals surface area contributed by atoms with Crippen LogP contribution in [0.15, 0.2) is 41.1 Å². The Morgan fingerprint density at radius 3 is 2.75 bits per heavy atom. The normalized spacial score (nSPS) is 10.2. The average molecular weight is 331 g/mol. The molecule has 0 unspecified atom stereocenters. The van der Waals surface area contributed by atoms with Gasteiger partial charge in [0.15, 0.2) is 5.82 Å². The van der Waals surface area contributed by atoms with E-state index in [0.29, 0.717) is 23.7 Å². The zero-order valence-corrected chi connectivity index (χ0v) is 13.8. The number of methoxy groups -OCH3 is 1. The molecule has 0 saturated carbocycles. The summed E-state index contributed by atoms with van der Waals surface area (Å²) in [6, 6.07) is 8.51. The molecule has 0 radical (unpaired) electrons. The Morgan fingerprint density at radius 2 is 2.08 bits per heavy atom. The van der Waals surface area contributed by atoms with E-state index in [1.165, 1.54) is 24.3 Å². The Morgan fingerprint density at radius 1 is 1.29 bits per heavy atom. The Bertz CT molecular complexity index is 670. The lowest BCUT2D eigenvalue weighted by molar-refractivity contribution is -0.117. The molecule has 1 heterocycles. The highest BCUT2D eigenvalue weighted by atomic mass is 16.5. The van der Waals surface area contributed by atoms with E-state index in [9.17, 15) is 9.59 Å². The molecule has 0 fully saturated rings. The Labute approximate surface area is 140 Å². The van der Waals surface area contributed by atoms with Crippen LogP contribution in [0.25, 0.3) is 0 Å². The van der Waals surface area contributed by atoms with E-state index in [1.807, 2.05) is 6.92 Å². The van der Waals surface area contributed by atoms with Gasteiger partial charge in [-0.1, -0.05) is 30.6 Å². The number of nitrogens with one attached hydrogen (secondary N) is 1. The van der Waals surface area contributed by atoms with Gasteiger partial charge >= 0.3 is 0 Å². The van der Waals surface area contributed by atoms with Gasteiger partial charge in [-0.15, -0.1) is 0 Å². The van der Waals surface area contributed by atoms with Gasteiger partial charge in [-0.2, -0.15) is 0 Å². The maximum Gasteiger partial charge on any atom is 0.258 e. The van der Waals surface area contributed by atoms with Gasteiger partial charge in [0.1, 0.15) is 18.6 Å². The van der Waals surface area contributed by atoms with Crippen molar-refractivity contribution >= 4 is 17.6 Å². The maximum absolute atomic E-state index is 12.8. The Kier molecular flexibility index (Phi) is 6.36. The predicted octanol–water partition coefficient (Wildman–Crippen LogP) is 2.56. The van der Waals surface area contributed by atoms with Crippen molar-refractivity contribution in [3.8, 4) is 5.75 Å². The summed E-state index contributed by atoms with van der Waals surface area (Å²) in [5.41, 5.74) is 0.435. The molecule has 2 rings (SSSR count). The second-order valence-corrected chi connectivity index (χ2v) is 5.21. The third-order valence-corrected chi connectivity index (χ3v) is 3.45. The van der Waals surface area contributed by atoms with Gasteiger partial charge < -0.3 is 19.5 Å². The molecule has 0 aliphatic rings. The summed E-state index contributed by atoms with van der Waals surface area (Å²) in [7, 11) is 1.51. The number of hydrogen-bond acceptors (Lipinski definition) is 5. The van der Waals surface area contributed by atoms with Gasteiger partial charge in [0, 0.05) is 12.6 Å². The van der Waals surface area contributed by atoms with Crippen molar-refractivity contribution in [2.75, 3.05) is 25.5 Å². The number of para-hydroxylation sites is 1. The lowest BCUT2D eigenvalue weighted by atomic mass is 10.1. The molecule has 2 amide bonds. The van der Waals surface area contributed by atoms with Crippen LogP contribution in [0.3, 0.4) is 0 Å². The largest absolute Gasteiger partial charge is 0.496 e. The fraction of sp³-hybridized carbons (Fsp3) is 0.353. The second kappa shape index (κ2) is 8.71. The van der Waals surface area contributed by atoms with E-state index in [-0.39, 0.29) is 18.4 Å². The van der Waals surface area contributed by atoms with Crippen LogP contribution in [0.1, 0.15) is 30.1 Å². The minimum absolute atomic E-state index is 0.0657. The SMILES string of the molecule is CCCCN(CC(=O)Nc1ccon1)C(=O)c1ccccc1OC. The standard InChI is InChI=1S/C17H21N3O4/c1-3-4-10-20(12-16(21)18-15-9-11-24-19-15)17(22)13-7-5-6-8-14(13)23-2/h5-9,11H,3-4,10,12H2,1-2H3,(H,18,19,21). The van der Waals surface area contributed by atoms with Crippen molar-refractivity contribution in [2.24, 2.45) is 0 Å². The van der Waals surface area contributed by atoms with E-state index < -0.39 is 0 Å². The third-order valence-electron chi connectivity index (χ3n) is 3.45. The molecule has 1 N–H and O–H groups in total. The number of amides is 2. The summed E-state index contributed by atoms with van der Waals surface area (Å²) < 4.78 is 9.91. The lowest BCUT2D eigenvalue weighted by Gasteiger charge is -2.22. The number of benzene rings is 1. The van der Waals surface area contributed by atoms with Gasteiger partial charge in [-0.25, -0.2) is 0 Å². The van der Waals surface area contributed by atoms with Crippen LogP contribution >= 0.6 is 0 Å². The molecule has 0 atom stereocenters. The number of hydrogen-bond donors (Lipinski definition) is 1. The molecular formula is C17H21N3O4. The van der Waals surface area contributed by atoms with Gasteiger partial charge in [0.05, 0.1) is 12.7 Å². The predicted molar refractivity (Wildman–Crippen MR) is 88.9 cm³/mol. The van der Waals surface area contributed by atoms with Crippen LogP contribution in [0.5, 0.6) is 5.75 Å². The first-order chi connectivity index (χ1) is 11.7. The maximum atomic E-state index is 12.8. The highest BCUT2D eigenvalue weighted by molar-refractivity contribution is 6.00. The molecule has 128 valence electrons. The number of anilines is 1. The fourth-order valence-corrected chi connectivity index (χ4v) is 2.23. The lowest BCUT2D eigenvalue weighted by Crippen LogP contribution is -2.38. The van der Waals surface area contributed by atoms with Crippen LogP contribution in [0.4, 0.5) is 5.82 Å². The Balaban J connectivity index is 2.11. The van der Waals surface area contributed by atoms with Gasteiger partial charge in [-0.05, 0) is 18.6 Å². The number of rotatable bonds is 8. The molecule has 0 aliphatic carbocycles. The number of aromatic nitrogens is 1. The quantitative estimate of drug-likeness (QED) is 0.803. The van der Waals surface area contributed by atoms with E-state index in [0.717, 1.165) is 12.8 Å². The van der Waals surface area contributed by atoms with Crippen molar-refractivity contribution in [1.82, 2.24) is 10.1 Å². The van der Waals surface area contributed by atoms with Crippen LogP contribution in [-0.4, -0.2) is 42.1 Å². The molecule has 24 heavy (non-hydrogen) atoms. The van der Waals surface area contributed by atoms with Crippen molar-refractivity contribution in [3.05, 3.63) is 42.2 Å². The third kappa shape index (κ3) is 4.58. The van der Waals surface area contributed by atoms with E-state index in [4.69, 9.17) is 4.74 Å². The summed E-state index contributed by atoms with van der Waals surface area (Å²) in [5, 5.41) is 6.22. The minimum atomic E-state index is -0.330. The van der Waals surface area contributed by atoms with Gasteiger partial charge in [0.25, 0.3) is 5.91 Å². The van der Waals surface area contributed by atoms with E-state index in [1.54, 1.807) is 24.3 Å². The number of carbonyl (C=O) groups excluding carboxylic acids is 2. The van der Waals surface area contributed by atoms with Gasteiger partial charge in [-0.3, -0.25) is 9.59 Å². The average Bonchev–Trinajstić information content (AvgIpc) is 3.10. The minimum Gasteiger partial charge on any atom is -0.496 e. The second-order valence-electron chi connectivity index (χ2n) is 5.21. The summed E-state index contributed by atoms with van der Waals surface area (Å²) in [5.74, 6) is 0.237. The molecular weight excluding hydrogens is 310 g/mol.